The van der Waals surface area contributed by atoms with Crippen molar-refractivity contribution in [2.24, 2.45) is 0 Å². The summed E-state index contributed by atoms with van der Waals surface area (Å²) in [4.78, 5) is 25.3. The first-order chi connectivity index (χ1) is 15.1. The van der Waals surface area contributed by atoms with Crippen LogP contribution in [0.25, 0.3) is 0 Å². The van der Waals surface area contributed by atoms with Crippen molar-refractivity contribution in [1.29, 1.82) is 0 Å². The van der Waals surface area contributed by atoms with Crippen molar-refractivity contribution < 1.29 is 14.3 Å². The van der Waals surface area contributed by atoms with E-state index in [9.17, 15) is 4.79 Å². The van der Waals surface area contributed by atoms with Gasteiger partial charge in [-0.15, -0.1) is 11.8 Å². The highest BCUT2D eigenvalue weighted by molar-refractivity contribution is 7.99. The van der Waals surface area contributed by atoms with Crippen LogP contribution < -0.4 is 25.8 Å². The molecular formula is C21H22N6O3S. The number of fused-ring (bicyclic) bond motifs is 1. The standard InChI is InChI=1S/C21H22N6O3S/c1-13(19(28)23-15-7-8-16-17(11-15)30-10-9-29-16)31-12-18-25-20(22)27-21(26-18)24-14-5-3-2-4-6-14/h2-8,11,13H,9-10,12H2,1H3,(H,23,28)(H3,22,24,25,26,27)/t13-/m0/s1. The maximum absolute atomic E-state index is 12.6. The van der Waals surface area contributed by atoms with Crippen molar-refractivity contribution in [2.45, 2.75) is 17.9 Å². The maximum atomic E-state index is 12.6. The molecule has 1 atom stereocenters. The fourth-order valence-electron chi connectivity index (χ4n) is 2.85. The summed E-state index contributed by atoms with van der Waals surface area (Å²) in [5.74, 6) is 2.56. The molecule has 1 amide bonds. The summed E-state index contributed by atoms with van der Waals surface area (Å²) in [7, 11) is 0. The molecule has 1 aliphatic rings. The van der Waals surface area contributed by atoms with E-state index in [0.29, 0.717) is 47.9 Å². The van der Waals surface area contributed by atoms with Gasteiger partial charge in [-0.2, -0.15) is 15.0 Å². The topological polar surface area (TPSA) is 124 Å². The van der Waals surface area contributed by atoms with Gasteiger partial charge >= 0.3 is 0 Å². The molecule has 0 radical (unpaired) electrons. The minimum atomic E-state index is -0.336. The first kappa shape index (κ1) is 20.7. The van der Waals surface area contributed by atoms with Gasteiger partial charge in [0, 0.05) is 17.4 Å². The van der Waals surface area contributed by atoms with Crippen LogP contribution in [0.15, 0.2) is 48.5 Å². The first-order valence-electron chi connectivity index (χ1n) is 9.71. The van der Waals surface area contributed by atoms with E-state index in [0.717, 1.165) is 5.69 Å². The summed E-state index contributed by atoms with van der Waals surface area (Å²) >= 11 is 1.41. The molecule has 0 aliphatic carbocycles. The highest BCUT2D eigenvalue weighted by atomic mass is 32.2. The van der Waals surface area contributed by atoms with Crippen LogP contribution in [0.3, 0.4) is 0 Å². The lowest BCUT2D eigenvalue weighted by Crippen LogP contribution is -2.23. The van der Waals surface area contributed by atoms with Crippen LogP contribution >= 0.6 is 11.8 Å². The summed E-state index contributed by atoms with van der Waals surface area (Å²) in [5.41, 5.74) is 7.32. The largest absolute Gasteiger partial charge is 0.486 e. The molecule has 0 unspecified atom stereocenters. The van der Waals surface area contributed by atoms with Crippen LogP contribution in [0.1, 0.15) is 12.7 Å². The minimum Gasteiger partial charge on any atom is -0.486 e. The van der Waals surface area contributed by atoms with Crippen LogP contribution in [0, 0.1) is 0 Å². The minimum absolute atomic E-state index is 0.123. The number of ether oxygens (including phenoxy) is 2. The van der Waals surface area contributed by atoms with E-state index in [1.165, 1.54) is 11.8 Å². The number of anilines is 4. The Morgan fingerprint density at radius 2 is 1.84 bits per heavy atom. The molecule has 1 aliphatic heterocycles. The van der Waals surface area contributed by atoms with Gasteiger partial charge in [-0.1, -0.05) is 18.2 Å². The number of nitrogens with zero attached hydrogens (tertiary/aromatic N) is 3. The molecule has 0 fully saturated rings. The molecule has 0 spiro atoms. The number of carbonyl (C=O) groups excluding carboxylic acids is 1. The number of benzene rings is 2. The number of nitrogens with one attached hydrogen (secondary N) is 2. The zero-order chi connectivity index (χ0) is 21.6. The van der Waals surface area contributed by atoms with Crippen molar-refractivity contribution in [3.8, 4) is 11.5 Å². The predicted molar refractivity (Wildman–Crippen MR) is 121 cm³/mol. The number of carbonyl (C=O) groups is 1. The molecule has 160 valence electrons. The van der Waals surface area contributed by atoms with Gasteiger partial charge in [0.1, 0.15) is 19.0 Å². The van der Waals surface area contributed by atoms with Crippen molar-refractivity contribution >= 4 is 40.9 Å². The SMILES string of the molecule is C[C@H](SCc1nc(N)nc(Nc2ccccc2)n1)C(=O)Nc1ccc2c(c1)OCCO2. The zero-order valence-corrected chi connectivity index (χ0v) is 17.7. The second-order valence-electron chi connectivity index (χ2n) is 6.73. The second kappa shape index (κ2) is 9.52. The molecule has 3 aromatic rings. The number of para-hydroxylation sites is 1. The summed E-state index contributed by atoms with van der Waals surface area (Å²) in [6.07, 6.45) is 0. The van der Waals surface area contributed by atoms with Gasteiger partial charge < -0.3 is 25.8 Å². The Hall–Kier alpha value is -3.53. The van der Waals surface area contributed by atoms with Crippen LogP contribution in [0.2, 0.25) is 0 Å². The third kappa shape index (κ3) is 5.54. The third-order valence-electron chi connectivity index (χ3n) is 4.37. The molecule has 0 bridgehead atoms. The van der Waals surface area contributed by atoms with Gasteiger partial charge in [0.05, 0.1) is 11.0 Å². The molecule has 4 N–H and O–H groups in total. The van der Waals surface area contributed by atoms with Gasteiger partial charge in [-0.3, -0.25) is 4.79 Å². The predicted octanol–water partition coefficient (Wildman–Crippen LogP) is 3.23. The number of aromatic nitrogens is 3. The van der Waals surface area contributed by atoms with Crippen LogP contribution in [-0.2, 0) is 10.5 Å². The fourth-order valence-corrected chi connectivity index (χ4v) is 3.59. The Morgan fingerprint density at radius 3 is 2.65 bits per heavy atom. The van der Waals surface area contributed by atoms with Crippen molar-refractivity contribution in [3.05, 3.63) is 54.4 Å². The molecule has 0 saturated carbocycles. The van der Waals surface area contributed by atoms with E-state index in [1.54, 1.807) is 18.2 Å². The average molecular weight is 439 g/mol. The third-order valence-corrected chi connectivity index (χ3v) is 5.51. The quantitative estimate of drug-likeness (QED) is 0.510. The normalized spacial score (nSPS) is 13.3. The Bertz CT molecular complexity index is 1070. The van der Waals surface area contributed by atoms with Gasteiger partial charge in [-0.25, -0.2) is 0 Å². The second-order valence-corrected chi connectivity index (χ2v) is 8.05. The summed E-state index contributed by atoms with van der Waals surface area (Å²) in [6, 6.07) is 14.9. The number of rotatable bonds is 7. The molecule has 31 heavy (non-hydrogen) atoms. The summed E-state index contributed by atoms with van der Waals surface area (Å²) < 4.78 is 11.1. The maximum Gasteiger partial charge on any atom is 0.237 e. The van der Waals surface area contributed by atoms with Gasteiger partial charge in [0.25, 0.3) is 0 Å². The van der Waals surface area contributed by atoms with E-state index in [-0.39, 0.29) is 17.1 Å². The summed E-state index contributed by atoms with van der Waals surface area (Å²) in [5, 5.41) is 5.66. The molecule has 0 saturated heterocycles. The van der Waals surface area contributed by atoms with Crippen LogP contribution in [-0.4, -0.2) is 39.3 Å². The zero-order valence-electron chi connectivity index (χ0n) is 16.9. The number of hydrogen-bond acceptors (Lipinski definition) is 9. The lowest BCUT2D eigenvalue weighted by atomic mass is 10.2. The Balaban J connectivity index is 1.34. The number of nitrogen functional groups attached to an aromatic ring is 1. The lowest BCUT2D eigenvalue weighted by Gasteiger charge is -2.19. The Labute approximate surface area is 183 Å². The van der Waals surface area contributed by atoms with E-state index in [1.807, 2.05) is 37.3 Å². The smallest absolute Gasteiger partial charge is 0.237 e. The number of nitrogens with two attached hydrogens (primary N) is 1. The van der Waals surface area contributed by atoms with Crippen molar-refractivity contribution in [2.75, 3.05) is 29.6 Å². The molecule has 2 aromatic carbocycles. The number of hydrogen-bond donors (Lipinski definition) is 3. The Kier molecular flexibility index (Phi) is 6.37. The molecule has 9 nitrogen and oxygen atoms in total. The molecule has 1 aromatic heterocycles. The monoisotopic (exact) mass is 438 g/mol. The van der Waals surface area contributed by atoms with Gasteiger partial charge in [0.2, 0.25) is 17.8 Å². The Morgan fingerprint density at radius 1 is 1.06 bits per heavy atom. The van der Waals surface area contributed by atoms with Crippen molar-refractivity contribution in [1.82, 2.24) is 15.0 Å². The lowest BCUT2D eigenvalue weighted by molar-refractivity contribution is -0.115. The van der Waals surface area contributed by atoms with E-state index < -0.39 is 0 Å². The van der Waals surface area contributed by atoms with Gasteiger partial charge in [0.15, 0.2) is 11.5 Å². The highest BCUT2D eigenvalue weighted by Gasteiger charge is 2.17. The number of amides is 1. The van der Waals surface area contributed by atoms with E-state index in [4.69, 9.17) is 15.2 Å². The van der Waals surface area contributed by atoms with Gasteiger partial charge in [-0.05, 0) is 31.2 Å². The van der Waals surface area contributed by atoms with Crippen LogP contribution in [0.5, 0.6) is 11.5 Å². The number of thioether (sulfide) groups is 1. The molecule has 10 heteroatoms. The van der Waals surface area contributed by atoms with Crippen molar-refractivity contribution in [3.63, 3.8) is 0 Å². The highest BCUT2D eigenvalue weighted by Crippen LogP contribution is 2.32. The van der Waals surface area contributed by atoms with E-state index in [2.05, 4.69) is 25.6 Å². The molecule has 4 rings (SSSR count). The van der Waals surface area contributed by atoms with Crippen LogP contribution in [0.4, 0.5) is 23.3 Å². The first-order valence-corrected chi connectivity index (χ1v) is 10.8. The molecule has 2 heterocycles. The van der Waals surface area contributed by atoms with E-state index >= 15 is 0 Å². The average Bonchev–Trinajstić information content (AvgIpc) is 2.77. The fraction of sp³-hybridized carbons (Fsp3) is 0.238. The molecular weight excluding hydrogens is 416 g/mol. The summed E-state index contributed by atoms with van der Waals surface area (Å²) in [6.45, 7) is 2.84.